The first-order chi connectivity index (χ1) is 9.65. The van der Waals surface area contributed by atoms with Crippen LogP contribution in [0.2, 0.25) is 10.0 Å². The van der Waals surface area contributed by atoms with E-state index in [0.29, 0.717) is 27.5 Å². The molecule has 0 fully saturated rings. The zero-order chi connectivity index (χ0) is 14.1. The topological polar surface area (TPSA) is 34.9 Å². The highest BCUT2D eigenvalue weighted by molar-refractivity contribution is 6.35. The molecule has 0 spiro atoms. The van der Waals surface area contributed by atoms with E-state index in [1.165, 1.54) is 10.9 Å². The van der Waals surface area contributed by atoms with Crippen LogP contribution in [0.25, 0.3) is 10.9 Å². The van der Waals surface area contributed by atoms with Gasteiger partial charge in [0.05, 0.1) is 23.8 Å². The van der Waals surface area contributed by atoms with Gasteiger partial charge in [0, 0.05) is 10.0 Å². The molecule has 0 saturated heterocycles. The summed E-state index contributed by atoms with van der Waals surface area (Å²) in [4.78, 5) is 16.6. The maximum atomic E-state index is 12.4. The molecule has 5 heteroatoms. The quantitative estimate of drug-likeness (QED) is 0.722. The van der Waals surface area contributed by atoms with E-state index in [2.05, 4.69) is 4.98 Å². The molecule has 100 valence electrons. The molecule has 0 unspecified atom stereocenters. The molecule has 3 rings (SSSR count). The largest absolute Gasteiger partial charge is 0.294 e. The van der Waals surface area contributed by atoms with E-state index in [-0.39, 0.29) is 5.56 Å². The highest BCUT2D eigenvalue weighted by atomic mass is 35.5. The average Bonchev–Trinajstić information content (AvgIpc) is 2.45. The standard InChI is InChI=1S/C15H10Cl2N2O/c16-11-6-5-10(13(17)7-11)8-19-9-18-14-4-2-1-3-12(14)15(19)20/h1-7,9H,8H2. The maximum Gasteiger partial charge on any atom is 0.261 e. The SMILES string of the molecule is O=c1c2ccccc2ncn1Cc1ccc(Cl)cc1Cl. The van der Waals surface area contributed by atoms with Crippen molar-refractivity contribution in [1.82, 2.24) is 9.55 Å². The van der Waals surface area contributed by atoms with Crippen molar-refractivity contribution in [3.8, 4) is 0 Å². The Morgan fingerprint density at radius 1 is 1.10 bits per heavy atom. The average molecular weight is 305 g/mol. The Balaban J connectivity index is 2.07. The van der Waals surface area contributed by atoms with E-state index >= 15 is 0 Å². The molecular formula is C15H10Cl2N2O. The lowest BCUT2D eigenvalue weighted by atomic mass is 10.2. The lowest BCUT2D eigenvalue weighted by Gasteiger charge is -2.08. The Morgan fingerprint density at radius 3 is 2.70 bits per heavy atom. The summed E-state index contributed by atoms with van der Waals surface area (Å²) < 4.78 is 1.54. The van der Waals surface area contributed by atoms with E-state index in [0.717, 1.165) is 5.56 Å². The van der Waals surface area contributed by atoms with E-state index in [1.807, 2.05) is 24.3 Å². The van der Waals surface area contributed by atoms with Crippen molar-refractivity contribution >= 4 is 34.1 Å². The normalized spacial score (nSPS) is 10.9. The van der Waals surface area contributed by atoms with Crippen LogP contribution in [0.5, 0.6) is 0 Å². The number of halogens is 2. The van der Waals surface area contributed by atoms with Crippen LogP contribution in [0, 0.1) is 0 Å². The predicted molar refractivity (Wildman–Crippen MR) is 81.6 cm³/mol. The fourth-order valence-electron chi connectivity index (χ4n) is 2.05. The van der Waals surface area contributed by atoms with Crippen LogP contribution >= 0.6 is 23.2 Å². The van der Waals surface area contributed by atoms with Crippen LogP contribution in [0.15, 0.2) is 53.6 Å². The van der Waals surface area contributed by atoms with Crippen LogP contribution in [-0.4, -0.2) is 9.55 Å². The molecule has 0 aliphatic heterocycles. The molecule has 2 aromatic carbocycles. The minimum atomic E-state index is -0.0818. The van der Waals surface area contributed by atoms with Crippen molar-refractivity contribution in [1.29, 1.82) is 0 Å². The molecule has 0 bridgehead atoms. The molecule has 0 saturated carbocycles. The summed E-state index contributed by atoms with van der Waals surface area (Å²) in [5.41, 5.74) is 1.44. The third-order valence-electron chi connectivity index (χ3n) is 3.09. The molecule has 3 aromatic rings. The second-order valence-electron chi connectivity index (χ2n) is 4.43. The van der Waals surface area contributed by atoms with Crippen molar-refractivity contribution in [2.45, 2.75) is 6.54 Å². The summed E-state index contributed by atoms with van der Waals surface area (Å²) in [6.07, 6.45) is 1.54. The summed E-state index contributed by atoms with van der Waals surface area (Å²) in [7, 11) is 0. The predicted octanol–water partition coefficient (Wildman–Crippen LogP) is 3.75. The minimum absolute atomic E-state index is 0.0818. The summed E-state index contributed by atoms with van der Waals surface area (Å²) in [6, 6.07) is 12.5. The summed E-state index contributed by atoms with van der Waals surface area (Å²) in [5, 5.41) is 1.71. The van der Waals surface area contributed by atoms with Gasteiger partial charge in [-0.1, -0.05) is 41.4 Å². The van der Waals surface area contributed by atoms with E-state index in [9.17, 15) is 4.79 Å². The Kier molecular flexibility index (Phi) is 3.47. The Hall–Kier alpha value is -1.84. The van der Waals surface area contributed by atoms with Gasteiger partial charge in [0.15, 0.2) is 0 Å². The van der Waals surface area contributed by atoms with Crippen molar-refractivity contribution in [3.63, 3.8) is 0 Å². The molecule has 0 aliphatic rings. The van der Waals surface area contributed by atoms with Crippen LogP contribution in [0.4, 0.5) is 0 Å². The summed E-state index contributed by atoms with van der Waals surface area (Å²) in [6.45, 7) is 0.368. The molecule has 1 aromatic heterocycles. The number of hydrogen-bond acceptors (Lipinski definition) is 2. The second kappa shape index (κ2) is 5.27. The summed E-state index contributed by atoms with van der Waals surface area (Å²) in [5.74, 6) is 0. The highest BCUT2D eigenvalue weighted by Gasteiger charge is 2.06. The number of nitrogens with zero attached hydrogens (tertiary/aromatic N) is 2. The number of fused-ring (bicyclic) bond motifs is 1. The number of benzene rings is 2. The van der Waals surface area contributed by atoms with Crippen molar-refractivity contribution in [3.05, 3.63) is 74.8 Å². The lowest BCUT2D eigenvalue weighted by molar-refractivity contribution is 0.748. The van der Waals surface area contributed by atoms with E-state index < -0.39 is 0 Å². The van der Waals surface area contributed by atoms with Crippen LogP contribution in [0.3, 0.4) is 0 Å². The van der Waals surface area contributed by atoms with Gasteiger partial charge in [-0.2, -0.15) is 0 Å². The summed E-state index contributed by atoms with van der Waals surface area (Å²) >= 11 is 12.0. The monoisotopic (exact) mass is 304 g/mol. The van der Waals surface area contributed by atoms with Gasteiger partial charge in [0.25, 0.3) is 5.56 Å². The molecule has 0 aliphatic carbocycles. The zero-order valence-corrected chi connectivity index (χ0v) is 11.9. The first-order valence-electron chi connectivity index (χ1n) is 6.03. The van der Waals surface area contributed by atoms with Gasteiger partial charge in [-0.25, -0.2) is 4.98 Å². The molecular weight excluding hydrogens is 295 g/mol. The molecule has 0 atom stereocenters. The minimum Gasteiger partial charge on any atom is -0.294 e. The second-order valence-corrected chi connectivity index (χ2v) is 5.27. The Bertz CT molecular complexity index is 843. The van der Waals surface area contributed by atoms with Gasteiger partial charge in [0.2, 0.25) is 0 Å². The molecule has 20 heavy (non-hydrogen) atoms. The molecule has 0 amide bonds. The third-order valence-corrected chi connectivity index (χ3v) is 3.67. The van der Waals surface area contributed by atoms with Gasteiger partial charge in [-0.05, 0) is 29.8 Å². The van der Waals surface area contributed by atoms with Crippen LogP contribution in [0.1, 0.15) is 5.56 Å². The molecule has 3 nitrogen and oxygen atoms in total. The maximum absolute atomic E-state index is 12.4. The lowest BCUT2D eigenvalue weighted by Crippen LogP contribution is -2.21. The van der Waals surface area contributed by atoms with Crippen LogP contribution in [-0.2, 0) is 6.54 Å². The first kappa shape index (κ1) is 13.2. The molecule has 1 heterocycles. The Morgan fingerprint density at radius 2 is 1.90 bits per heavy atom. The number of para-hydroxylation sites is 1. The van der Waals surface area contributed by atoms with Gasteiger partial charge < -0.3 is 0 Å². The fraction of sp³-hybridized carbons (Fsp3) is 0.0667. The van der Waals surface area contributed by atoms with Gasteiger partial charge in [-0.15, -0.1) is 0 Å². The number of aromatic nitrogens is 2. The van der Waals surface area contributed by atoms with E-state index in [4.69, 9.17) is 23.2 Å². The fourth-order valence-corrected chi connectivity index (χ4v) is 2.52. The van der Waals surface area contributed by atoms with Crippen molar-refractivity contribution in [2.75, 3.05) is 0 Å². The number of rotatable bonds is 2. The van der Waals surface area contributed by atoms with Gasteiger partial charge in [0.1, 0.15) is 0 Å². The molecule has 0 N–H and O–H groups in total. The Labute approximate surface area is 125 Å². The van der Waals surface area contributed by atoms with Gasteiger partial charge >= 0.3 is 0 Å². The first-order valence-corrected chi connectivity index (χ1v) is 6.79. The zero-order valence-electron chi connectivity index (χ0n) is 10.4. The highest BCUT2D eigenvalue weighted by Crippen LogP contribution is 2.21. The smallest absolute Gasteiger partial charge is 0.261 e. The van der Waals surface area contributed by atoms with Crippen molar-refractivity contribution in [2.24, 2.45) is 0 Å². The van der Waals surface area contributed by atoms with Crippen LogP contribution < -0.4 is 5.56 Å². The van der Waals surface area contributed by atoms with E-state index in [1.54, 1.807) is 18.2 Å². The van der Waals surface area contributed by atoms with Gasteiger partial charge in [-0.3, -0.25) is 9.36 Å². The van der Waals surface area contributed by atoms with Crippen molar-refractivity contribution < 1.29 is 0 Å². The number of hydrogen-bond donors (Lipinski definition) is 0. The third kappa shape index (κ3) is 2.42. The molecule has 0 radical (unpaired) electrons.